The van der Waals surface area contributed by atoms with Gasteiger partial charge in [0.1, 0.15) is 24.4 Å². The van der Waals surface area contributed by atoms with Gasteiger partial charge in [-0.15, -0.1) is 0 Å². The Balaban J connectivity index is 2.09. The summed E-state index contributed by atoms with van der Waals surface area (Å²) in [6.07, 6.45) is 75.7. The molecule has 460 valence electrons. The predicted molar refractivity (Wildman–Crippen MR) is 336 cm³/mol. The molecule has 7 unspecified atom stereocenters. The highest BCUT2D eigenvalue weighted by molar-refractivity contribution is 5.76. The number of carbonyl (C=O) groups is 1. The molecule has 79 heavy (non-hydrogen) atoms. The molecule has 0 aromatic heterocycles. The third kappa shape index (κ3) is 47.8. The van der Waals surface area contributed by atoms with E-state index in [-0.39, 0.29) is 12.5 Å². The maximum absolute atomic E-state index is 13.1. The van der Waals surface area contributed by atoms with Crippen molar-refractivity contribution in [1.82, 2.24) is 5.32 Å². The molecule has 6 N–H and O–H groups in total. The smallest absolute Gasteiger partial charge is 0.220 e. The van der Waals surface area contributed by atoms with E-state index in [1.54, 1.807) is 6.08 Å². The molecule has 1 saturated heterocycles. The van der Waals surface area contributed by atoms with Gasteiger partial charge in [0.25, 0.3) is 0 Å². The fourth-order valence-corrected chi connectivity index (χ4v) is 10.5. The summed E-state index contributed by atoms with van der Waals surface area (Å²) in [7, 11) is 0. The molecule has 1 aliphatic heterocycles. The van der Waals surface area contributed by atoms with Crippen molar-refractivity contribution in [1.29, 1.82) is 0 Å². The summed E-state index contributed by atoms with van der Waals surface area (Å²) in [6.45, 7) is 3.70. The SMILES string of the molecule is CC/C=C\C/C=C\C/C=C\C/C=C\C/C=C\CCCCCCCCCCCCCCCCCCCCCCCC(=O)NC(COC1OC(CO)C(O)C(O)C1O)C(O)/C=C/CCCCCCCCCCCCCCCCCCC. The second kappa shape index (κ2) is 58.8. The van der Waals surface area contributed by atoms with E-state index in [0.717, 1.165) is 70.6 Å². The highest BCUT2D eigenvalue weighted by atomic mass is 16.7. The number of carbonyl (C=O) groups excluding carboxylic acids is 1. The van der Waals surface area contributed by atoms with Gasteiger partial charge in [0.05, 0.1) is 25.4 Å². The largest absolute Gasteiger partial charge is 0.394 e. The van der Waals surface area contributed by atoms with Crippen LogP contribution in [0.3, 0.4) is 0 Å². The molecule has 7 atom stereocenters. The highest BCUT2D eigenvalue weighted by Gasteiger charge is 2.44. The van der Waals surface area contributed by atoms with Crippen LogP contribution in [0.15, 0.2) is 72.9 Å². The first kappa shape index (κ1) is 74.6. The molecule has 0 aromatic rings. The van der Waals surface area contributed by atoms with Crippen LogP contribution in [0.1, 0.15) is 309 Å². The lowest BCUT2D eigenvalue weighted by molar-refractivity contribution is -0.302. The second-order valence-corrected chi connectivity index (χ2v) is 23.2. The Hall–Kier alpha value is -2.37. The van der Waals surface area contributed by atoms with Gasteiger partial charge in [0.15, 0.2) is 6.29 Å². The van der Waals surface area contributed by atoms with Crippen LogP contribution in [0, 0.1) is 0 Å². The number of rotatable bonds is 58. The van der Waals surface area contributed by atoms with Crippen molar-refractivity contribution in [3.05, 3.63) is 72.9 Å². The van der Waals surface area contributed by atoms with Gasteiger partial charge >= 0.3 is 0 Å². The maximum Gasteiger partial charge on any atom is 0.220 e. The van der Waals surface area contributed by atoms with Gasteiger partial charge in [-0.1, -0.05) is 311 Å². The number of ether oxygens (including phenoxy) is 2. The molecule has 0 saturated carbocycles. The summed E-state index contributed by atoms with van der Waals surface area (Å²) in [5.74, 6) is -0.173. The van der Waals surface area contributed by atoms with Crippen LogP contribution in [-0.4, -0.2) is 87.5 Å². The Labute approximate surface area is 487 Å². The van der Waals surface area contributed by atoms with Crippen molar-refractivity contribution < 1.29 is 39.8 Å². The summed E-state index contributed by atoms with van der Waals surface area (Å²) >= 11 is 0. The summed E-state index contributed by atoms with van der Waals surface area (Å²) < 4.78 is 11.3. The number of amides is 1. The van der Waals surface area contributed by atoms with Crippen molar-refractivity contribution in [3.8, 4) is 0 Å². The number of unbranched alkanes of at least 4 members (excludes halogenated alkanes) is 38. The lowest BCUT2D eigenvalue weighted by Crippen LogP contribution is -2.60. The van der Waals surface area contributed by atoms with E-state index in [4.69, 9.17) is 9.47 Å². The van der Waals surface area contributed by atoms with E-state index in [9.17, 15) is 30.3 Å². The van der Waals surface area contributed by atoms with Gasteiger partial charge in [-0.05, 0) is 64.2 Å². The molecule has 1 aliphatic rings. The molecule has 0 spiro atoms. The zero-order chi connectivity index (χ0) is 57.2. The zero-order valence-electron chi connectivity index (χ0n) is 51.4. The number of allylic oxidation sites excluding steroid dienone is 11. The van der Waals surface area contributed by atoms with Crippen molar-refractivity contribution in [2.45, 2.75) is 352 Å². The van der Waals surface area contributed by atoms with Crippen molar-refractivity contribution in [2.24, 2.45) is 0 Å². The third-order valence-electron chi connectivity index (χ3n) is 15.8. The molecule has 9 nitrogen and oxygen atoms in total. The van der Waals surface area contributed by atoms with E-state index in [0.29, 0.717) is 6.42 Å². The maximum atomic E-state index is 13.1. The second-order valence-electron chi connectivity index (χ2n) is 23.2. The lowest BCUT2D eigenvalue weighted by atomic mass is 9.99. The molecular formula is C70H127NO8. The average molecular weight is 1110 g/mol. The molecule has 1 heterocycles. The molecule has 0 radical (unpaired) electrons. The fraction of sp³-hybridized carbons (Fsp3) is 0.814. The van der Waals surface area contributed by atoms with Crippen LogP contribution in [0.5, 0.6) is 0 Å². The fourth-order valence-electron chi connectivity index (χ4n) is 10.5. The van der Waals surface area contributed by atoms with E-state index in [1.807, 2.05) is 6.08 Å². The highest BCUT2D eigenvalue weighted by Crippen LogP contribution is 2.23. The minimum Gasteiger partial charge on any atom is -0.394 e. The van der Waals surface area contributed by atoms with Crippen LogP contribution in [0.4, 0.5) is 0 Å². The first-order chi connectivity index (χ1) is 38.8. The quantitative estimate of drug-likeness (QED) is 0.0261. The first-order valence-electron chi connectivity index (χ1n) is 33.7. The van der Waals surface area contributed by atoms with Gasteiger partial charge in [-0.25, -0.2) is 0 Å². The van der Waals surface area contributed by atoms with Crippen LogP contribution >= 0.6 is 0 Å². The van der Waals surface area contributed by atoms with Crippen LogP contribution < -0.4 is 5.32 Å². The van der Waals surface area contributed by atoms with Crippen LogP contribution in [-0.2, 0) is 14.3 Å². The summed E-state index contributed by atoms with van der Waals surface area (Å²) in [5.41, 5.74) is 0. The number of hydrogen-bond acceptors (Lipinski definition) is 8. The van der Waals surface area contributed by atoms with E-state index < -0.39 is 49.5 Å². The Kier molecular flexibility index (Phi) is 55.6. The van der Waals surface area contributed by atoms with Gasteiger partial charge in [-0.3, -0.25) is 4.79 Å². The summed E-state index contributed by atoms with van der Waals surface area (Å²) in [5, 5.41) is 54.7. The minimum absolute atomic E-state index is 0.173. The Morgan fingerprint density at radius 2 is 0.785 bits per heavy atom. The van der Waals surface area contributed by atoms with Crippen LogP contribution in [0.2, 0.25) is 0 Å². The van der Waals surface area contributed by atoms with Gasteiger partial charge < -0.3 is 40.3 Å². The monoisotopic (exact) mass is 1110 g/mol. The zero-order valence-corrected chi connectivity index (χ0v) is 51.4. The number of aliphatic hydroxyl groups is 5. The topological polar surface area (TPSA) is 149 Å². The van der Waals surface area contributed by atoms with Crippen molar-refractivity contribution >= 4 is 5.91 Å². The van der Waals surface area contributed by atoms with E-state index in [2.05, 4.69) is 79.9 Å². The number of aliphatic hydroxyl groups excluding tert-OH is 5. The molecule has 0 aromatic carbocycles. The minimum atomic E-state index is -1.57. The van der Waals surface area contributed by atoms with Crippen LogP contribution in [0.25, 0.3) is 0 Å². The van der Waals surface area contributed by atoms with Crippen molar-refractivity contribution in [3.63, 3.8) is 0 Å². The summed E-state index contributed by atoms with van der Waals surface area (Å²) in [6, 6.07) is -0.806. The third-order valence-corrected chi connectivity index (χ3v) is 15.8. The normalized spacial score (nSPS) is 19.0. The molecule has 0 aliphatic carbocycles. The molecule has 9 heteroatoms. The van der Waals surface area contributed by atoms with Gasteiger partial charge in [0.2, 0.25) is 5.91 Å². The first-order valence-corrected chi connectivity index (χ1v) is 33.7. The standard InChI is InChI=1S/C70H127NO8/c1-3-5-7-9-11-13-15-17-19-21-23-24-25-26-27-28-29-30-31-32-33-34-35-36-37-38-39-40-42-44-46-48-50-52-54-56-58-60-66(74)71-63(62-78-70-69(77)68(76)67(75)65(61-72)79-70)64(73)59-57-55-53-51-49-47-45-43-41-22-20-18-16-14-12-10-8-6-4-2/h5,7,11,13,17,19,23-24,26-27,57,59,63-65,67-70,72-73,75-77H,3-4,6,8-10,12,14-16,18,20-22,25,28-56,58,60-62H2,1-2H3,(H,71,74)/b7-5-,13-11-,19-17-,24-23-,27-26-,59-57+. The van der Waals surface area contributed by atoms with Gasteiger partial charge in [0, 0.05) is 6.42 Å². The Bertz CT molecular complexity index is 1470. The Morgan fingerprint density at radius 3 is 1.16 bits per heavy atom. The lowest BCUT2D eigenvalue weighted by Gasteiger charge is -2.40. The molecule has 1 rings (SSSR count). The Morgan fingerprint density at radius 1 is 0.443 bits per heavy atom. The summed E-state index contributed by atoms with van der Waals surface area (Å²) in [4.78, 5) is 13.1. The van der Waals surface area contributed by atoms with Gasteiger partial charge in [-0.2, -0.15) is 0 Å². The molecule has 1 amide bonds. The average Bonchev–Trinajstić information content (AvgIpc) is 3.46. The van der Waals surface area contributed by atoms with E-state index in [1.165, 1.54) is 218 Å². The number of nitrogens with one attached hydrogen (secondary N) is 1. The molecular weight excluding hydrogens is 983 g/mol. The predicted octanol–water partition coefficient (Wildman–Crippen LogP) is 18.0. The molecule has 0 bridgehead atoms. The number of hydrogen-bond donors (Lipinski definition) is 6. The van der Waals surface area contributed by atoms with E-state index >= 15 is 0 Å². The molecule has 1 fully saturated rings. The van der Waals surface area contributed by atoms with Crippen molar-refractivity contribution in [2.75, 3.05) is 13.2 Å².